The molecule has 18 heavy (non-hydrogen) atoms. The van der Waals surface area contributed by atoms with Crippen LogP contribution >= 0.6 is 15.9 Å². The summed E-state index contributed by atoms with van der Waals surface area (Å²) in [6, 6.07) is 4.75. The normalized spacial score (nSPS) is 10.9. The highest BCUT2D eigenvalue weighted by Crippen LogP contribution is 2.24. The van der Waals surface area contributed by atoms with E-state index in [2.05, 4.69) is 33.1 Å². The summed E-state index contributed by atoms with van der Waals surface area (Å²) in [6.07, 6.45) is 0.986. The Bertz CT molecular complexity index is 551. The van der Waals surface area contributed by atoms with Gasteiger partial charge in [0.25, 0.3) is 0 Å². The van der Waals surface area contributed by atoms with E-state index in [0.29, 0.717) is 5.33 Å². The standard InChI is InChI=1S/C13H15BrFN3/c1-3-6-18-12(8-14)16-17-13(18)11-7-10(15)5-4-9(11)2/h4-5,7H,3,6,8H2,1-2H3. The molecule has 0 amide bonds. The minimum Gasteiger partial charge on any atom is -0.310 e. The van der Waals surface area contributed by atoms with Crippen molar-refractivity contribution in [1.82, 2.24) is 14.8 Å². The van der Waals surface area contributed by atoms with E-state index in [-0.39, 0.29) is 5.82 Å². The van der Waals surface area contributed by atoms with Crippen LogP contribution in [0.15, 0.2) is 18.2 Å². The summed E-state index contributed by atoms with van der Waals surface area (Å²) in [7, 11) is 0. The lowest BCUT2D eigenvalue weighted by molar-refractivity contribution is 0.626. The number of hydrogen-bond acceptors (Lipinski definition) is 2. The monoisotopic (exact) mass is 311 g/mol. The summed E-state index contributed by atoms with van der Waals surface area (Å²) in [5, 5.41) is 8.99. The molecule has 1 heterocycles. The van der Waals surface area contributed by atoms with Gasteiger partial charge in [-0.3, -0.25) is 0 Å². The molecule has 0 spiro atoms. The first-order valence-electron chi connectivity index (χ1n) is 5.92. The van der Waals surface area contributed by atoms with Crippen LogP contribution in [0.3, 0.4) is 0 Å². The van der Waals surface area contributed by atoms with E-state index in [4.69, 9.17) is 0 Å². The summed E-state index contributed by atoms with van der Waals surface area (Å²) in [6.45, 7) is 4.88. The average molecular weight is 312 g/mol. The number of nitrogens with zero attached hydrogens (tertiary/aromatic N) is 3. The molecule has 0 atom stereocenters. The van der Waals surface area contributed by atoms with Crippen LogP contribution in [-0.2, 0) is 11.9 Å². The predicted molar refractivity (Wildman–Crippen MR) is 73.1 cm³/mol. The Kier molecular flexibility index (Phi) is 4.11. The maximum Gasteiger partial charge on any atom is 0.164 e. The zero-order chi connectivity index (χ0) is 13.1. The highest BCUT2D eigenvalue weighted by Gasteiger charge is 2.14. The van der Waals surface area contributed by atoms with Gasteiger partial charge < -0.3 is 4.57 Å². The molecule has 0 bridgehead atoms. The van der Waals surface area contributed by atoms with E-state index in [9.17, 15) is 4.39 Å². The third kappa shape index (κ3) is 2.46. The molecule has 0 saturated carbocycles. The van der Waals surface area contributed by atoms with Gasteiger partial charge in [-0.15, -0.1) is 10.2 Å². The van der Waals surface area contributed by atoms with Crippen molar-refractivity contribution < 1.29 is 4.39 Å². The fourth-order valence-corrected chi connectivity index (χ4v) is 2.34. The summed E-state index contributed by atoms with van der Waals surface area (Å²) < 4.78 is 15.4. The quantitative estimate of drug-likeness (QED) is 0.806. The van der Waals surface area contributed by atoms with Gasteiger partial charge in [0.2, 0.25) is 0 Å². The molecular formula is C13H15BrFN3. The maximum atomic E-state index is 13.4. The van der Waals surface area contributed by atoms with Gasteiger partial charge in [0.05, 0.1) is 5.33 Å². The molecular weight excluding hydrogens is 297 g/mol. The van der Waals surface area contributed by atoms with Crippen LogP contribution in [0, 0.1) is 12.7 Å². The third-order valence-corrected chi connectivity index (χ3v) is 3.34. The fourth-order valence-electron chi connectivity index (χ4n) is 1.93. The molecule has 0 N–H and O–H groups in total. The van der Waals surface area contributed by atoms with Gasteiger partial charge in [0, 0.05) is 12.1 Å². The molecule has 2 rings (SSSR count). The molecule has 0 saturated heterocycles. The highest BCUT2D eigenvalue weighted by molar-refractivity contribution is 9.08. The number of alkyl halides is 1. The van der Waals surface area contributed by atoms with Crippen LogP contribution in [-0.4, -0.2) is 14.8 Å². The van der Waals surface area contributed by atoms with E-state index in [0.717, 1.165) is 35.7 Å². The Morgan fingerprint density at radius 3 is 2.78 bits per heavy atom. The second-order valence-corrected chi connectivity index (χ2v) is 4.75. The maximum absolute atomic E-state index is 13.4. The zero-order valence-corrected chi connectivity index (χ0v) is 12.0. The number of rotatable bonds is 4. The van der Waals surface area contributed by atoms with E-state index in [1.807, 2.05) is 11.5 Å². The van der Waals surface area contributed by atoms with Crippen molar-refractivity contribution >= 4 is 15.9 Å². The molecule has 0 aliphatic heterocycles. The molecule has 0 unspecified atom stereocenters. The van der Waals surface area contributed by atoms with Crippen molar-refractivity contribution in [1.29, 1.82) is 0 Å². The van der Waals surface area contributed by atoms with Gasteiger partial charge in [-0.1, -0.05) is 28.9 Å². The number of aryl methyl sites for hydroxylation is 1. The van der Waals surface area contributed by atoms with Crippen molar-refractivity contribution in [2.24, 2.45) is 0 Å². The molecule has 5 heteroatoms. The number of halogens is 2. The summed E-state index contributed by atoms with van der Waals surface area (Å²) in [5.41, 5.74) is 1.81. The van der Waals surface area contributed by atoms with E-state index >= 15 is 0 Å². The Morgan fingerprint density at radius 1 is 1.33 bits per heavy atom. The summed E-state index contributed by atoms with van der Waals surface area (Å²) in [5.74, 6) is 1.36. The molecule has 1 aromatic carbocycles. The largest absolute Gasteiger partial charge is 0.310 e. The fraction of sp³-hybridized carbons (Fsp3) is 0.385. The number of benzene rings is 1. The van der Waals surface area contributed by atoms with Crippen LogP contribution in [0.2, 0.25) is 0 Å². The zero-order valence-electron chi connectivity index (χ0n) is 10.5. The van der Waals surface area contributed by atoms with E-state index in [1.165, 1.54) is 12.1 Å². The van der Waals surface area contributed by atoms with Gasteiger partial charge >= 0.3 is 0 Å². The van der Waals surface area contributed by atoms with Crippen LogP contribution in [0.1, 0.15) is 24.7 Å². The van der Waals surface area contributed by atoms with E-state index in [1.54, 1.807) is 6.07 Å². The topological polar surface area (TPSA) is 30.7 Å². The van der Waals surface area contributed by atoms with Crippen LogP contribution in [0.4, 0.5) is 4.39 Å². The smallest absolute Gasteiger partial charge is 0.164 e. The lowest BCUT2D eigenvalue weighted by Crippen LogP contribution is -2.04. The summed E-state index contributed by atoms with van der Waals surface area (Å²) >= 11 is 3.40. The first-order chi connectivity index (χ1) is 8.67. The molecule has 0 fully saturated rings. The lowest BCUT2D eigenvalue weighted by atomic mass is 10.1. The third-order valence-electron chi connectivity index (χ3n) is 2.83. The second kappa shape index (κ2) is 5.61. The minimum atomic E-state index is -0.248. The Morgan fingerprint density at radius 2 is 2.11 bits per heavy atom. The van der Waals surface area contributed by atoms with Gasteiger partial charge in [-0.05, 0) is 31.0 Å². The molecule has 3 nitrogen and oxygen atoms in total. The minimum absolute atomic E-state index is 0.248. The molecule has 96 valence electrons. The molecule has 0 aliphatic rings. The van der Waals surface area contributed by atoms with Gasteiger partial charge in [-0.25, -0.2) is 4.39 Å². The molecule has 0 radical (unpaired) electrons. The van der Waals surface area contributed by atoms with Crippen molar-refractivity contribution in [3.05, 3.63) is 35.4 Å². The Hall–Kier alpha value is -1.23. The van der Waals surface area contributed by atoms with Crippen molar-refractivity contribution in [2.75, 3.05) is 0 Å². The number of aromatic nitrogens is 3. The van der Waals surface area contributed by atoms with Crippen LogP contribution in [0.25, 0.3) is 11.4 Å². The Labute approximate surface area is 114 Å². The second-order valence-electron chi connectivity index (χ2n) is 4.18. The first-order valence-corrected chi connectivity index (χ1v) is 7.04. The predicted octanol–water partition coefficient (Wildman–Crippen LogP) is 3.70. The van der Waals surface area contributed by atoms with Gasteiger partial charge in [0.1, 0.15) is 11.6 Å². The van der Waals surface area contributed by atoms with E-state index < -0.39 is 0 Å². The lowest BCUT2D eigenvalue weighted by Gasteiger charge is -2.09. The van der Waals surface area contributed by atoms with Gasteiger partial charge in [-0.2, -0.15) is 0 Å². The van der Waals surface area contributed by atoms with Crippen molar-refractivity contribution in [3.63, 3.8) is 0 Å². The van der Waals surface area contributed by atoms with Crippen molar-refractivity contribution in [3.8, 4) is 11.4 Å². The van der Waals surface area contributed by atoms with Crippen molar-refractivity contribution in [2.45, 2.75) is 32.1 Å². The number of hydrogen-bond donors (Lipinski definition) is 0. The SMILES string of the molecule is CCCn1c(CBr)nnc1-c1cc(F)ccc1C. The molecule has 1 aromatic heterocycles. The molecule has 0 aliphatic carbocycles. The van der Waals surface area contributed by atoms with Crippen LogP contribution in [0.5, 0.6) is 0 Å². The first kappa shape index (κ1) is 13.2. The van der Waals surface area contributed by atoms with Gasteiger partial charge in [0.15, 0.2) is 5.82 Å². The summed E-state index contributed by atoms with van der Waals surface area (Å²) in [4.78, 5) is 0. The molecule has 2 aromatic rings. The Balaban J connectivity index is 2.56. The average Bonchev–Trinajstić information content (AvgIpc) is 2.76. The van der Waals surface area contributed by atoms with Crippen LogP contribution < -0.4 is 0 Å². The highest BCUT2D eigenvalue weighted by atomic mass is 79.9.